The molecule has 1 atom stereocenters. The summed E-state index contributed by atoms with van der Waals surface area (Å²) in [6, 6.07) is -0.0336. The Morgan fingerprint density at radius 2 is 1.59 bits per heavy atom. The zero-order valence-electron chi connectivity index (χ0n) is 13.2. The maximum Gasteiger partial charge on any atom is 0.312 e. The van der Waals surface area contributed by atoms with E-state index < -0.39 is 11.8 Å². The van der Waals surface area contributed by atoms with Crippen LogP contribution in [0.2, 0.25) is 0 Å². The van der Waals surface area contributed by atoms with Gasteiger partial charge in [0, 0.05) is 52.3 Å². The van der Waals surface area contributed by atoms with Crippen LogP contribution in [0.4, 0.5) is 0 Å². The van der Waals surface area contributed by atoms with Crippen LogP contribution in [0.25, 0.3) is 0 Å². The molecule has 0 radical (unpaired) electrons. The van der Waals surface area contributed by atoms with Crippen LogP contribution >= 0.6 is 0 Å². The van der Waals surface area contributed by atoms with Crippen molar-refractivity contribution in [3.63, 3.8) is 0 Å². The molecule has 0 aliphatic carbocycles. The molecule has 7 nitrogen and oxygen atoms in total. The molecule has 2 rings (SSSR count). The van der Waals surface area contributed by atoms with Gasteiger partial charge in [0.1, 0.15) is 0 Å². The molecule has 1 N–H and O–H groups in total. The summed E-state index contributed by atoms with van der Waals surface area (Å²) >= 11 is 0. The lowest BCUT2D eigenvalue weighted by Crippen LogP contribution is -2.56. The third kappa shape index (κ3) is 3.76. The molecular weight excluding hydrogens is 286 g/mol. The molecule has 0 bridgehead atoms. The number of nitrogens with zero attached hydrogens (tertiary/aromatic N) is 3. The van der Waals surface area contributed by atoms with Crippen LogP contribution in [0.15, 0.2) is 0 Å². The number of amides is 3. The Morgan fingerprint density at radius 3 is 2.18 bits per heavy atom. The fourth-order valence-electron chi connectivity index (χ4n) is 3.20. The summed E-state index contributed by atoms with van der Waals surface area (Å²) in [5.41, 5.74) is 0. The van der Waals surface area contributed by atoms with Crippen LogP contribution in [-0.4, -0.2) is 82.9 Å². The van der Waals surface area contributed by atoms with Gasteiger partial charge in [0.15, 0.2) is 0 Å². The minimum absolute atomic E-state index is 0.00235. The summed E-state index contributed by atoms with van der Waals surface area (Å²) in [6.07, 6.45) is 3.30. The summed E-state index contributed by atoms with van der Waals surface area (Å²) in [4.78, 5) is 41.0. The number of likely N-dealkylation sites (tertiary alicyclic amines) is 1. The Kier molecular flexibility index (Phi) is 5.76. The number of rotatable bonds is 2. The Bertz CT molecular complexity index is 431. The van der Waals surface area contributed by atoms with Crippen molar-refractivity contribution in [1.29, 1.82) is 0 Å². The largest absolute Gasteiger partial charge is 0.396 e. The van der Waals surface area contributed by atoms with E-state index in [9.17, 15) is 14.4 Å². The van der Waals surface area contributed by atoms with E-state index in [1.165, 1.54) is 11.8 Å². The number of hydrogen-bond donors (Lipinski definition) is 1. The fraction of sp³-hybridized carbons (Fsp3) is 0.800. The summed E-state index contributed by atoms with van der Waals surface area (Å²) in [7, 11) is 0. The molecule has 2 saturated heterocycles. The van der Waals surface area contributed by atoms with E-state index in [1.807, 2.05) is 0 Å². The quantitative estimate of drug-likeness (QED) is 0.693. The van der Waals surface area contributed by atoms with Gasteiger partial charge in [-0.2, -0.15) is 0 Å². The van der Waals surface area contributed by atoms with Crippen molar-refractivity contribution >= 4 is 17.7 Å². The predicted octanol–water partition coefficient (Wildman–Crippen LogP) is -0.559. The number of piperazine rings is 1. The molecule has 2 fully saturated rings. The summed E-state index contributed by atoms with van der Waals surface area (Å²) < 4.78 is 0. The van der Waals surface area contributed by atoms with Gasteiger partial charge in [0.05, 0.1) is 0 Å². The number of carbonyl (C=O) groups is 3. The summed E-state index contributed by atoms with van der Waals surface area (Å²) in [5.74, 6) is -0.945. The topological polar surface area (TPSA) is 81.2 Å². The van der Waals surface area contributed by atoms with Gasteiger partial charge < -0.3 is 19.8 Å². The molecular formula is C15H25N3O4. The van der Waals surface area contributed by atoms with Gasteiger partial charge in [-0.3, -0.25) is 14.4 Å². The average Bonchev–Trinajstić information content (AvgIpc) is 2.54. The van der Waals surface area contributed by atoms with Gasteiger partial charge in [0.2, 0.25) is 5.91 Å². The molecule has 0 aromatic carbocycles. The first kappa shape index (κ1) is 16.7. The molecule has 0 saturated carbocycles. The van der Waals surface area contributed by atoms with Crippen molar-refractivity contribution in [2.24, 2.45) is 0 Å². The van der Waals surface area contributed by atoms with Crippen LogP contribution in [0.3, 0.4) is 0 Å². The zero-order chi connectivity index (χ0) is 16.1. The second kappa shape index (κ2) is 7.58. The van der Waals surface area contributed by atoms with Gasteiger partial charge in [-0.05, 0) is 25.7 Å². The lowest BCUT2D eigenvalue weighted by Gasteiger charge is -2.38. The number of carbonyl (C=O) groups excluding carboxylic acids is 3. The summed E-state index contributed by atoms with van der Waals surface area (Å²) in [5, 5.41) is 9.12. The highest BCUT2D eigenvalue weighted by Gasteiger charge is 2.34. The highest BCUT2D eigenvalue weighted by molar-refractivity contribution is 6.35. The standard InChI is InChI=1S/C15H25N3O4/c1-12(20)16-7-9-17(10-8-16)14(21)15(22)18-6-3-2-4-13(18)5-11-19/h13,19H,2-11H2,1H3. The molecule has 7 heteroatoms. The highest BCUT2D eigenvalue weighted by Crippen LogP contribution is 2.20. The molecule has 2 heterocycles. The molecule has 2 aliphatic heterocycles. The van der Waals surface area contributed by atoms with Crippen LogP contribution < -0.4 is 0 Å². The van der Waals surface area contributed by atoms with Gasteiger partial charge >= 0.3 is 11.8 Å². The number of hydrogen-bond acceptors (Lipinski definition) is 4. The third-order valence-corrected chi connectivity index (χ3v) is 4.55. The van der Waals surface area contributed by atoms with E-state index in [0.717, 1.165) is 19.3 Å². The Labute approximate surface area is 130 Å². The monoisotopic (exact) mass is 311 g/mol. The second-order valence-electron chi connectivity index (χ2n) is 5.96. The molecule has 1 unspecified atom stereocenters. The molecule has 2 aliphatic rings. The highest BCUT2D eigenvalue weighted by atomic mass is 16.3. The molecule has 0 aromatic heterocycles. The molecule has 22 heavy (non-hydrogen) atoms. The van der Waals surface area contributed by atoms with Crippen molar-refractivity contribution in [1.82, 2.24) is 14.7 Å². The third-order valence-electron chi connectivity index (χ3n) is 4.55. The van der Waals surface area contributed by atoms with E-state index in [-0.39, 0.29) is 18.6 Å². The van der Waals surface area contributed by atoms with Gasteiger partial charge in [-0.1, -0.05) is 0 Å². The minimum atomic E-state index is -0.479. The first-order valence-corrected chi connectivity index (χ1v) is 8.01. The van der Waals surface area contributed by atoms with Crippen molar-refractivity contribution in [2.75, 3.05) is 39.3 Å². The Morgan fingerprint density at radius 1 is 0.955 bits per heavy atom. The smallest absolute Gasteiger partial charge is 0.312 e. The van der Waals surface area contributed by atoms with Crippen molar-refractivity contribution < 1.29 is 19.5 Å². The van der Waals surface area contributed by atoms with Gasteiger partial charge in [-0.15, -0.1) is 0 Å². The van der Waals surface area contributed by atoms with Gasteiger partial charge in [-0.25, -0.2) is 0 Å². The van der Waals surface area contributed by atoms with Crippen molar-refractivity contribution in [3.8, 4) is 0 Å². The first-order chi connectivity index (χ1) is 10.5. The Balaban J connectivity index is 1.94. The van der Waals surface area contributed by atoms with Crippen molar-refractivity contribution in [2.45, 2.75) is 38.6 Å². The van der Waals surface area contributed by atoms with Crippen molar-refractivity contribution in [3.05, 3.63) is 0 Å². The maximum absolute atomic E-state index is 12.5. The first-order valence-electron chi connectivity index (χ1n) is 8.01. The van der Waals surface area contributed by atoms with Crippen LogP contribution in [-0.2, 0) is 14.4 Å². The van der Waals surface area contributed by atoms with Gasteiger partial charge in [0.25, 0.3) is 0 Å². The number of piperidine rings is 1. The average molecular weight is 311 g/mol. The number of aliphatic hydroxyl groups excluding tert-OH is 1. The SMILES string of the molecule is CC(=O)N1CCN(C(=O)C(=O)N2CCCCC2CCO)CC1. The van der Waals surface area contributed by atoms with Crippen LogP contribution in [0.5, 0.6) is 0 Å². The maximum atomic E-state index is 12.5. The molecule has 0 spiro atoms. The second-order valence-corrected chi connectivity index (χ2v) is 5.96. The van der Waals surface area contributed by atoms with Crippen LogP contribution in [0, 0.1) is 0 Å². The Hall–Kier alpha value is -1.63. The van der Waals surface area contributed by atoms with E-state index >= 15 is 0 Å². The minimum Gasteiger partial charge on any atom is -0.396 e. The summed E-state index contributed by atoms with van der Waals surface area (Å²) in [6.45, 7) is 3.90. The van der Waals surface area contributed by atoms with E-state index in [2.05, 4.69) is 0 Å². The van der Waals surface area contributed by atoms with E-state index in [1.54, 1.807) is 9.80 Å². The van der Waals surface area contributed by atoms with E-state index in [4.69, 9.17) is 5.11 Å². The number of aliphatic hydroxyl groups is 1. The molecule has 124 valence electrons. The molecule has 0 aromatic rings. The molecule has 3 amide bonds. The lowest BCUT2D eigenvalue weighted by atomic mass is 9.99. The van der Waals surface area contributed by atoms with Crippen LogP contribution in [0.1, 0.15) is 32.6 Å². The predicted molar refractivity (Wildman–Crippen MR) is 79.9 cm³/mol. The fourth-order valence-corrected chi connectivity index (χ4v) is 3.20. The normalized spacial score (nSPS) is 22.6. The lowest BCUT2D eigenvalue weighted by molar-refractivity contribution is -0.155. The van der Waals surface area contributed by atoms with E-state index in [0.29, 0.717) is 39.1 Å². The zero-order valence-corrected chi connectivity index (χ0v) is 13.2.